The summed E-state index contributed by atoms with van der Waals surface area (Å²) in [5, 5.41) is 0. The van der Waals surface area contributed by atoms with Crippen LogP contribution in [0.15, 0.2) is 10.2 Å². The summed E-state index contributed by atoms with van der Waals surface area (Å²) in [6.07, 6.45) is 2.21. The highest BCUT2D eigenvalue weighted by Gasteiger charge is 2.34. The molecule has 2 nitrogen and oxygen atoms in total. The number of hydrogen-bond acceptors (Lipinski definition) is 2. The van der Waals surface area contributed by atoms with Crippen LogP contribution in [0.4, 0.5) is 0 Å². The van der Waals surface area contributed by atoms with E-state index in [1.807, 2.05) is 13.8 Å². The van der Waals surface area contributed by atoms with Crippen molar-refractivity contribution in [2.75, 3.05) is 13.2 Å². The lowest BCUT2D eigenvalue weighted by atomic mass is 9.79. The van der Waals surface area contributed by atoms with Crippen molar-refractivity contribution in [3.63, 3.8) is 0 Å². The topological polar surface area (TPSA) is 18.5 Å². The van der Waals surface area contributed by atoms with Gasteiger partial charge < -0.3 is 9.47 Å². The lowest BCUT2D eigenvalue weighted by Crippen LogP contribution is -2.30. The van der Waals surface area contributed by atoms with E-state index in [1.165, 1.54) is 0 Å². The first-order chi connectivity index (χ1) is 7.00. The van der Waals surface area contributed by atoms with E-state index in [2.05, 4.69) is 29.8 Å². The molecule has 1 aliphatic rings. The maximum absolute atomic E-state index is 5.72. The average molecular weight is 277 g/mol. The molecule has 15 heavy (non-hydrogen) atoms. The third kappa shape index (κ3) is 3.49. The molecule has 0 aromatic heterocycles. The SMILES string of the molecule is CCOC1=C(Br)C(OCC)CC(C)(C)C1. The van der Waals surface area contributed by atoms with E-state index in [0.717, 1.165) is 36.3 Å². The summed E-state index contributed by atoms with van der Waals surface area (Å²) < 4.78 is 12.5. The minimum atomic E-state index is 0.167. The molecular weight excluding hydrogens is 256 g/mol. The minimum Gasteiger partial charge on any atom is -0.497 e. The smallest absolute Gasteiger partial charge is 0.109 e. The first-order valence-electron chi connectivity index (χ1n) is 5.63. The van der Waals surface area contributed by atoms with Crippen LogP contribution in [0.25, 0.3) is 0 Å². The van der Waals surface area contributed by atoms with Crippen LogP contribution < -0.4 is 0 Å². The van der Waals surface area contributed by atoms with Gasteiger partial charge in [0.15, 0.2) is 0 Å². The molecule has 1 aliphatic carbocycles. The first kappa shape index (κ1) is 13.0. The van der Waals surface area contributed by atoms with Gasteiger partial charge in [0.1, 0.15) is 5.76 Å². The molecule has 0 spiro atoms. The van der Waals surface area contributed by atoms with Gasteiger partial charge in [-0.1, -0.05) is 13.8 Å². The van der Waals surface area contributed by atoms with E-state index in [0.29, 0.717) is 0 Å². The summed E-state index contributed by atoms with van der Waals surface area (Å²) in [6, 6.07) is 0. The highest BCUT2D eigenvalue weighted by molar-refractivity contribution is 9.11. The van der Waals surface area contributed by atoms with Gasteiger partial charge in [0, 0.05) is 13.0 Å². The van der Waals surface area contributed by atoms with E-state index >= 15 is 0 Å². The molecule has 0 aromatic carbocycles. The van der Waals surface area contributed by atoms with Gasteiger partial charge in [-0.05, 0) is 41.6 Å². The molecule has 0 heterocycles. The Bertz CT molecular complexity index is 246. The van der Waals surface area contributed by atoms with Gasteiger partial charge in [0.2, 0.25) is 0 Å². The Balaban J connectivity index is 2.83. The Labute approximate surface area is 101 Å². The molecule has 0 radical (unpaired) electrons. The maximum atomic E-state index is 5.72. The van der Waals surface area contributed by atoms with Crippen LogP contribution in [0.1, 0.15) is 40.5 Å². The van der Waals surface area contributed by atoms with Crippen LogP contribution >= 0.6 is 15.9 Å². The van der Waals surface area contributed by atoms with Crippen molar-refractivity contribution in [2.24, 2.45) is 5.41 Å². The zero-order chi connectivity index (χ0) is 11.5. The molecule has 0 amide bonds. The number of ether oxygens (including phenoxy) is 2. The summed E-state index contributed by atoms with van der Waals surface area (Å²) in [5.41, 5.74) is 0.265. The van der Waals surface area contributed by atoms with Crippen LogP contribution in [0.5, 0.6) is 0 Å². The van der Waals surface area contributed by atoms with Crippen molar-refractivity contribution in [1.82, 2.24) is 0 Å². The normalized spacial score (nSPS) is 25.5. The molecule has 0 fully saturated rings. The van der Waals surface area contributed by atoms with E-state index in [4.69, 9.17) is 9.47 Å². The van der Waals surface area contributed by atoms with Gasteiger partial charge in [-0.3, -0.25) is 0 Å². The van der Waals surface area contributed by atoms with Crippen molar-refractivity contribution in [1.29, 1.82) is 0 Å². The summed E-state index contributed by atoms with van der Waals surface area (Å²) >= 11 is 3.60. The molecule has 1 rings (SSSR count). The van der Waals surface area contributed by atoms with Gasteiger partial charge in [-0.15, -0.1) is 0 Å². The fourth-order valence-electron chi connectivity index (χ4n) is 1.99. The van der Waals surface area contributed by atoms with Crippen LogP contribution in [0.2, 0.25) is 0 Å². The lowest BCUT2D eigenvalue weighted by molar-refractivity contribution is 0.0365. The van der Waals surface area contributed by atoms with Gasteiger partial charge >= 0.3 is 0 Å². The molecule has 3 heteroatoms. The fraction of sp³-hybridized carbons (Fsp3) is 0.833. The molecular formula is C12H21BrO2. The van der Waals surface area contributed by atoms with Gasteiger partial charge in [0.25, 0.3) is 0 Å². The number of halogens is 1. The summed E-state index contributed by atoms with van der Waals surface area (Å²) in [6.45, 7) is 10.0. The zero-order valence-corrected chi connectivity index (χ0v) is 11.7. The molecule has 0 saturated carbocycles. The maximum Gasteiger partial charge on any atom is 0.109 e. The molecule has 0 bridgehead atoms. The molecule has 0 aromatic rings. The van der Waals surface area contributed by atoms with Crippen molar-refractivity contribution in [2.45, 2.75) is 46.6 Å². The third-order valence-electron chi connectivity index (χ3n) is 2.61. The van der Waals surface area contributed by atoms with Gasteiger partial charge in [-0.25, -0.2) is 0 Å². The summed E-state index contributed by atoms with van der Waals surface area (Å²) in [7, 11) is 0. The highest BCUT2D eigenvalue weighted by atomic mass is 79.9. The average Bonchev–Trinajstić information content (AvgIpc) is 2.13. The molecule has 1 atom stereocenters. The Hall–Kier alpha value is -0.0200. The first-order valence-corrected chi connectivity index (χ1v) is 6.42. The van der Waals surface area contributed by atoms with E-state index in [9.17, 15) is 0 Å². The second-order valence-electron chi connectivity index (χ2n) is 4.69. The number of hydrogen-bond donors (Lipinski definition) is 0. The van der Waals surface area contributed by atoms with Crippen LogP contribution in [-0.2, 0) is 9.47 Å². The molecule has 0 saturated heterocycles. The van der Waals surface area contributed by atoms with Crippen molar-refractivity contribution in [3.8, 4) is 0 Å². The van der Waals surface area contributed by atoms with E-state index < -0.39 is 0 Å². The molecule has 1 unspecified atom stereocenters. The third-order valence-corrected chi connectivity index (χ3v) is 3.57. The van der Waals surface area contributed by atoms with Crippen LogP contribution in [-0.4, -0.2) is 19.3 Å². The minimum absolute atomic E-state index is 0.167. The Morgan fingerprint density at radius 3 is 2.53 bits per heavy atom. The quantitative estimate of drug-likeness (QED) is 0.777. The monoisotopic (exact) mass is 276 g/mol. The highest BCUT2D eigenvalue weighted by Crippen LogP contribution is 2.42. The predicted molar refractivity (Wildman–Crippen MR) is 66.0 cm³/mol. The second kappa shape index (κ2) is 5.35. The van der Waals surface area contributed by atoms with Gasteiger partial charge in [-0.2, -0.15) is 0 Å². The lowest BCUT2D eigenvalue weighted by Gasteiger charge is -2.36. The Morgan fingerprint density at radius 1 is 1.33 bits per heavy atom. The largest absolute Gasteiger partial charge is 0.497 e. The molecule has 0 aliphatic heterocycles. The van der Waals surface area contributed by atoms with Crippen molar-refractivity contribution in [3.05, 3.63) is 10.2 Å². The van der Waals surface area contributed by atoms with E-state index in [-0.39, 0.29) is 11.5 Å². The summed E-state index contributed by atoms with van der Waals surface area (Å²) in [5.74, 6) is 1.06. The Kier molecular flexibility index (Phi) is 4.65. The Morgan fingerprint density at radius 2 is 2.00 bits per heavy atom. The van der Waals surface area contributed by atoms with Crippen molar-refractivity contribution < 1.29 is 9.47 Å². The number of allylic oxidation sites excluding steroid dienone is 1. The van der Waals surface area contributed by atoms with Crippen LogP contribution in [0, 0.1) is 5.41 Å². The van der Waals surface area contributed by atoms with E-state index in [1.54, 1.807) is 0 Å². The molecule has 88 valence electrons. The standard InChI is InChI=1S/C12H21BrO2/c1-5-14-9-7-12(3,4)8-10(11(9)13)15-6-2/h9H,5-8H2,1-4H3. The van der Waals surface area contributed by atoms with Crippen molar-refractivity contribution >= 4 is 15.9 Å². The predicted octanol–water partition coefficient (Wildman–Crippen LogP) is 3.85. The second-order valence-corrected chi connectivity index (χ2v) is 5.55. The van der Waals surface area contributed by atoms with Crippen LogP contribution in [0.3, 0.4) is 0 Å². The van der Waals surface area contributed by atoms with Gasteiger partial charge in [0.05, 0.1) is 17.2 Å². The zero-order valence-electron chi connectivity index (χ0n) is 10.1. The fourth-order valence-corrected chi connectivity index (χ4v) is 2.54. The summed E-state index contributed by atoms with van der Waals surface area (Å²) in [4.78, 5) is 0. The number of rotatable bonds is 4. The molecule has 0 N–H and O–H groups in total.